The van der Waals surface area contributed by atoms with Crippen LogP contribution in [0.4, 0.5) is 0 Å². The van der Waals surface area contributed by atoms with Gasteiger partial charge in [0.25, 0.3) is 0 Å². The summed E-state index contributed by atoms with van der Waals surface area (Å²) in [4.78, 5) is 14.4. The molecule has 0 aromatic carbocycles. The zero-order valence-corrected chi connectivity index (χ0v) is 11.5. The molecule has 2 N–H and O–H groups in total. The molecule has 0 saturated carbocycles. The fraction of sp³-hybridized carbons (Fsp3) is 0.923. The van der Waals surface area contributed by atoms with E-state index in [1.807, 2.05) is 32.6 Å². The van der Waals surface area contributed by atoms with Crippen molar-refractivity contribution < 1.29 is 4.79 Å². The molecule has 0 aromatic rings. The van der Waals surface area contributed by atoms with E-state index < -0.39 is 11.0 Å². The molecule has 2 atom stereocenters. The van der Waals surface area contributed by atoms with E-state index in [9.17, 15) is 4.79 Å². The molecule has 1 saturated heterocycles. The number of nitrogens with two attached hydrogens (primary N) is 1. The lowest BCUT2D eigenvalue weighted by Gasteiger charge is -2.39. The van der Waals surface area contributed by atoms with E-state index in [1.54, 1.807) is 0 Å². The maximum atomic E-state index is 12.5. The predicted molar refractivity (Wildman–Crippen MR) is 67.0 cm³/mol. The quantitative estimate of drug-likeness (QED) is 0.781. The molecule has 2 unspecified atom stereocenters. The normalized spacial score (nSPS) is 27.3. The Labute approximate surface area is 99.4 Å². The van der Waals surface area contributed by atoms with E-state index in [1.165, 1.54) is 0 Å². The van der Waals surface area contributed by atoms with Gasteiger partial charge in [0.05, 0.1) is 5.41 Å². The lowest BCUT2D eigenvalue weighted by atomic mass is 9.74. The van der Waals surface area contributed by atoms with Gasteiger partial charge in [-0.1, -0.05) is 13.8 Å². The Kier molecular flexibility index (Phi) is 3.39. The van der Waals surface area contributed by atoms with E-state index in [4.69, 9.17) is 5.73 Å². The first kappa shape index (κ1) is 13.5. The van der Waals surface area contributed by atoms with Crippen LogP contribution in [0.25, 0.3) is 0 Å². The summed E-state index contributed by atoms with van der Waals surface area (Å²) in [6.07, 6.45) is 0. The van der Waals surface area contributed by atoms with E-state index in [0.29, 0.717) is 11.8 Å². The third-order valence-corrected chi connectivity index (χ3v) is 4.42. The van der Waals surface area contributed by atoms with Crippen LogP contribution in [0.1, 0.15) is 41.5 Å². The van der Waals surface area contributed by atoms with Gasteiger partial charge in [-0.05, 0) is 39.5 Å². The Morgan fingerprint density at radius 1 is 1.12 bits per heavy atom. The molecule has 1 rings (SSSR count). The van der Waals surface area contributed by atoms with Gasteiger partial charge in [0.15, 0.2) is 0 Å². The third-order valence-electron chi connectivity index (χ3n) is 4.42. The summed E-state index contributed by atoms with van der Waals surface area (Å²) in [6, 6.07) is 0. The molecule has 1 heterocycles. The Morgan fingerprint density at radius 3 is 1.81 bits per heavy atom. The van der Waals surface area contributed by atoms with Crippen LogP contribution in [-0.2, 0) is 4.79 Å². The van der Waals surface area contributed by atoms with Gasteiger partial charge in [-0.3, -0.25) is 4.79 Å². The maximum absolute atomic E-state index is 12.5. The van der Waals surface area contributed by atoms with Gasteiger partial charge in [-0.15, -0.1) is 0 Å². The van der Waals surface area contributed by atoms with Crippen molar-refractivity contribution in [3.8, 4) is 0 Å². The van der Waals surface area contributed by atoms with Crippen LogP contribution in [0.2, 0.25) is 0 Å². The number of hydrogen-bond donors (Lipinski definition) is 1. The first-order valence-electron chi connectivity index (χ1n) is 6.15. The number of carbonyl (C=O) groups is 1. The highest BCUT2D eigenvalue weighted by atomic mass is 16.2. The van der Waals surface area contributed by atoms with Gasteiger partial charge < -0.3 is 10.6 Å². The fourth-order valence-electron chi connectivity index (χ4n) is 1.97. The van der Waals surface area contributed by atoms with Gasteiger partial charge >= 0.3 is 0 Å². The van der Waals surface area contributed by atoms with Gasteiger partial charge in [0, 0.05) is 18.6 Å². The minimum atomic E-state index is -0.503. The van der Waals surface area contributed by atoms with Gasteiger partial charge in [-0.2, -0.15) is 0 Å². The number of nitrogens with zero attached hydrogens (tertiary/aromatic N) is 1. The lowest BCUT2D eigenvalue weighted by molar-refractivity contribution is -0.142. The summed E-state index contributed by atoms with van der Waals surface area (Å²) in [5.74, 6) is 1.39. The molecule has 3 heteroatoms. The van der Waals surface area contributed by atoms with Crippen molar-refractivity contribution in [2.45, 2.75) is 47.1 Å². The molecular weight excluding hydrogens is 200 g/mol. The van der Waals surface area contributed by atoms with Gasteiger partial charge in [0.1, 0.15) is 0 Å². The average molecular weight is 226 g/mol. The van der Waals surface area contributed by atoms with Crippen molar-refractivity contribution in [2.24, 2.45) is 23.0 Å². The van der Waals surface area contributed by atoms with Crippen molar-refractivity contribution in [3.05, 3.63) is 0 Å². The van der Waals surface area contributed by atoms with Crippen LogP contribution >= 0.6 is 0 Å². The first-order valence-corrected chi connectivity index (χ1v) is 6.15. The molecule has 16 heavy (non-hydrogen) atoms. The molecule has 0 bridgehead atoms. The molecule has 1 fully saturated rings. The number of hydrogen-bond acceptors (Lipinski definition) is 2. The molecule has 0 aromatic heterocycles. The first-order chi connectivity index (χ1) is 7.07. The summed E-state index contributed by atoms with van der Waals surface area (Å²) in [5, 5.41) is 0. The lowest BCUT2D eigenvalue weighted by Crippen LogP contribution is -2.56. The number of carbonyl (C=O) groups excluding carboxylic acids is 1. The second kappa shape index (κ2) is 4.02. The Hall–Kier alpha value is -0.570. The highest BCUT2D eigenvalue weighted by Gasteiger charge is 2.44. The van der Waals surface area contributed by atoms with Crippen molar-refractivity contribution in [3.63, 3.8) is 0 Å². The molecule has 0 aliphatic carbocycles. The Balaban J connectivity index is 2.80. The van der Waals surface area contributed by atoms with Crippen LogP contribution in [0, 0.1) is 17.3 Å². The van der Waals surface area contributed by atoms with Crippen molar-refractivity contribution in [1.29, 1.82) is 0 Å². The summed E-state index contributed by atoms with van der Waals surface area (Å²) in [5.41, 5.74) is 5.11. The summed E-state index contributed by atoms with van der Waals surface area (Å²) >= 11 is 0. The van der Waals surface area contributed by atoms with Crippen molar-refractivity contribution in [2.75, 3.05) is 13.1 Å². The molecule has 1 aliphatic rings. The Morgan fingerprint density at radius 2 is 1.50 bits per heavy atom. The van der Waals surface area contributed by atoms with Crippen LogP contribution in [-0.4, -0.2) is 29.4 Å². The van der Waals surface area contributed by atoms with Crippen molar-refractivity contribution in [1.82, 2.24) is 4.90 Å². The molecule has 0 spiro atoms. The van der Waals surface area contributed by atoms with Gasteiger partial charge in [0.2, 0.25) is 5.91 Å². The second-order valence-electron chi connectivity index (χ2n) is 6.51. The minimum absolute atomic E-state index is 0.191. The number of rotatable bonds is 2. The molecule has 1 aliphatic heterocycles. The fourth-order valence-corrected chi connectivity index (χ4v) is 1.97. The van der Waals surface area contributed by atoms with E-state index >= 15 is 0 Å². The monoisotopic (exact) mass is 226 g/mol. The SMILES string of the molecule is CC1CN(C(=O)C(C)(C)C(C)(C)N)CC1C. The van der Waals surface area contributed by atoms with E-state index in [-0.39, 0.29) is 5.91 Å². The highest BCUT2D eigenvalue weighted by molar-refractivity contribution is 5.83. The third kappa shape index (κ3) is 2.24. The average Bonchev–Trinajstić information content (AvgIpc) is 2.43. The molecule has 94 valence electrons. The zero-order valence-electron chi connectivity index (χ0n) is 11.5. The Bertz CT molecular complexity index is 268. The maximum Gasteiger partial charge on any atom is 0.230 e. The standard InChI is InChI=1S/C13H26N2O/c1-9-7-15(8-10(9)2)11(16)12(3,4)13(5,6)14/h9-10H,7-8,14H2,1-6H3. The highest BCUT2D eigenvalue weighted by Crippen LogP contribution is 2.33. The summed E-state index contributed by atoms with van der Waals surface area (Å²) in [6.45, 7) is 13.9. The summed E-state index contributed by atoms with van der Waals surface area (Å²) in [7, 11) is 0. The summed E-state index contributed by atoms with van der Waals surface area (Å²) < 4.78 is 0. The number of likely N-dealkylation sites (tertiary alicyclic amines) is 1. The van der Waals surface area contributed by atoms with Crippen LogP contribution < -0.4 is 5.73 Å². The van der Waals surface area contributed by atoms with Crippen molar-refractivity contribution >= 4 is 5.91 Å². The molecule has 1 amide bonds. The van der Waals surface area contributed by atoms with E-state index in [2.05, 4.69) is 13.8 Å². The van der Waals surface area contributed by atoms with Gasteiger partial charge in [-0.25, -0.2) is 0 Å². The predicted octanol–water partition coefficient (Wildman–Crippen LogP) is 1.86. The van der Waals surface area contributed by atoms with Crippen LogP contribution in [0.5, 0.6) is 0 Å². The smallest absolute Gasteiger partial charge is 0.230 e. The minimum Gasteiger partial charge on any atom is -0.342 e. The largest absolute Gasteiger partial charge is 0.342 e. The molecular formula is C13H26N2O. The topological polar surface area (TPSA) is 46.3 Å². The van der Waals surface area contributed by atoms with Crippen LogP contribution in [0.15, 0.2) is 0 Å². The molecule has 3 nitrogen and oxygen atoms in total. The molecule has 0 radical (unpaired) electrons. The second-order valence-corrected chi connectivity index (χ2v) is 6.51. The van der Waals surface area contributed by atoms with E-state index in [0.717, 1.165) is 13.1 Å². The van der Waals surface area contributed by atoms with Crippen LogP contribution in [0.3, 0.4) is 0 Å². The number of amides is 1. The zero-order chi connectivity index (χ0) is 12.7.